The largest absolute Gasteiger partial charge is 0.313 e. The second-order valence-electron chi connectivity index (χ2n) is 5.78. The lowest BCUT2D eigenvalue weighted by molar-refractivity contribution is 0.310. The predicted octanol–water partition coefficient (Wildman–Crippen LogP) is 0.493. The summed E-state index contributed by atoms with van der Waals surface area (Å²) in [7, 11) is -2.86. The summed E-state index contributed by atoms with van der Waals surface area (Å²) in [6.45, 7) is 5.34. The van der Waals surface area contributed by atoms with Crippen LogP contribution in [0.25, 0.3) is 0 Å². The summed E-state index contributed by atoms with van der Waals surface area (Å²) in [4.78, 5) is 2.59. The third-order valence-corrected chi connectivity index (χ3v) is 4.79. The third-order valence-electron chi connectivity index (χ3n) is 3.69. The van der Waals surface area contributed by atoms with E-state index in [4.69, 9.17) is 0 Å². The summed E-state index contributed by atoms with van der Waals surface area (Å²) in [6, 6.07) is 0.938. The van der Waals surface area contributed by atoms with E-state index in [0.29, 0.717) is 5.92 Å². The number of nitrogens with zero attached hydrogens (tertiary/aromatic N) is 1. The van der Waals surface area contributed by atoms with Crippen molar-refractivity contribution >= 4 is 9.84 Å². The zero-order valence-corrected chi connectivity index (χ0v) is 11.7. The van der Waals surface area contributed by atoms with E-state index in [1.807, 2.05) is 6.92 Å². The minimum atomic E-state index is -2.86. The molecule has 1 aliphatic heterocycles. The second kappa shape index (κ2) is 5.24. The molecule has 0 bridgehead atoms. The summed E-state index contributed by atoms with van der Waals surface area (Å²) in [5.74, 6) is 0.948. The molecule has 1 saturated heterocycles. The molecular weight excluding hydrogens is 236 g/mol. The van der Waals surface area contributed by atoms with Gasteiger partial charge in [-0.2, -0.15) is 0 Å². The number of hydrogen-bond donors (Lipinski definition) is 1. The molecule has 5 heteroatoms. The molecule has 4 nitrogen and oxygen atoms in total. The lowest BCUT2D eigenvalue weighted by Crippen LogP contribution is -2.37. The Labute approximate surface area is 105 Å². The van der Waals surface area contributed by atoms with E-state index in [1.54, 1.807) is 0 Å². The minimum absolute atomic E-state index is 0.0694. The van der Waals surface area contributed by atoms with E-state index in [9.17, 15) is 8.42 Å². The molecule has 2 rings (SSSR count). The molecule has 2 unspecified atom stereocenters. The van der Waals surface area contributed by atoms with Crippen LogP contribution in [-0.4, -0.2) is 57.0 Å². The molecule has 0 aromatic rings. The van der Waals surface area contributed by atoms with E-state index in [1.165, 1.54) is 38.6 Å². The molecule has 2 atom stereocenters. The van der Waals surface area contributed by atoms with Crippen molar-refractivity contribution in [3.05, 3.63) is 0 Å². The van der Waals surface area contributed by atoms with Crippen LogP contribution in [0.1, 0.15) is 26.2 Å². The van der Waals surface area contributed by atoms with Gasteiger partial charge in [-0.3, -0.25) is 0 Å². The summed E-state index contributed by atoms with van der Waals surface area (Å²) >= 11 is 0. The maximum Gasteiger partial charge on any atom is 0.148 e. The number of rotatable bonds is 6. The molecule has 0 spiro atoms. The topological polar surface area (TPSA) is 49.4 Å². The lowest BCUT2D eigenvalue weighted by atomic mass is 10.1. The Balaban J connectivity index is 1.65. The quantitative estimate of drug-likeness (QED) is 0.755. The van der Waals surface area contributed by atoms with Gasteiger partial charge in [0.25, 0.3) is 0 Å². The van der Waals surface area contributed by atoms with Crippen LogP contribution < -0.4 is 5.32 Å². The van der Waals surface area contributed by atoms with Gasteiger partial charge in [0.05, 0.1) is 5.75 Å². The summed E-state index contributed by atoms with van der Waals surface area (Å²) in [5.41, 5.74) is 0. The first kappa shape index (κ1) is 13.3. The standard InChI is InChI=1S/C12H24N2O2S/c1-10(9-17(2,15)16)13-7-11-5-6-14(8-11)12-3-4-12/h10-13H,3-9H2,1-2H3. The van der Waals surface area contributed by atoms with Crippen molar-refractivity contribution in [3.8, 4) is 0 Å². The molecule has 100 valence electrons. The Hall–Kier alpha value is -0.130. The number of sulfone groups is 1. The van der Waals surface area contributed by atoms with Gasteiger partial charge in [0.15, 0.2) is 0 Å². The lowest BCUT2D eigenvalue weighted by Gasteiger charge is -2.17. The first-order valence-corrected chi connectivity index (χ1v) is 8.65. The van der Waals surface area contributed by atoms with Gasteiger partial charge in [0, 0.05) is 24.9 Å². The highest BCUT2D eigenvalue weighted by molar-refractivity contribution is 7.90. The molecule has 17 heavy (non-hydrogen) atoms. The second-order valence-corrected chi connectivity index (χ2v) is 7.97. The molecule has 0 aromatic carbocycles. The van der Waals surface area contributed by atoms with E-state index in [0.717, 1.165) is 12.6 Å². The maximum absolute atomic E-state index is 11.1. The van der Waals surface area contributed by atoms with Crippen molar-refractivity contribution in [1.29, 1.82) is 0 Å². The maximum atomic E-state index is 11.1. The Morgan fingerprint density at radius 2 is 2.06 bits per heavy atom. The first-order valence-electron chi connectivity index (χ1n) is 6.59. The molecule has 1 N–H and O–H groups in total. The Morgan fingerprint density at radius 3 is 2.65 bits per heavy atom. The summed E-state index contributed by atoms with van der Waals surface area (Å²) in [6.07, 6.45) is 5.32. The summed E-state index contributed by atoms with van der Waals surface area (Å²) in [5, 5.41) is 3.36. The van der Waals surface area contributed by atoms with Gasteiger partial charge >= 0.3 is 0 Å². The molecule has 0 radical (unpaired) electrons. The SMILES string of the molecule is CC(CS(C)(=O)=O)NCC1CCN(C2CC2)C1. The van der Waals surface area contributed by atoms with Gasteiger partial charge in [0.1, 0.15) is 9.84 Å². The Morgan fingerprint density at radius 1 is 1.35 bits per heavy atom. The van der Waals surface area contributed by atoms with Crippen molar-refractivity contribution in [1.82, 2.24) is 10.2 Å². The molecule has 1 heterocycles. The van der Waals surface area contributed by atoms with Crippen LogP contribution in [0.2, 0.25) is 0 Å². The van der Waals surface area contributed by atoms with E-state index < -0.39 is 9.84 Å². The molecule has 0 aromatic heterocycles. The molecule has 0 amide bonds. The van der Waals surface area contributed by atoms with Gasteiger partial charge in [-0.15, -0.1) is 0 Å². The highest BCUT2D eigenvalue weighted by Gasteiger charge is 2.34. The fourth-order valence-electron chi connectivity index (χ4n) is 2.68. The van der Waals surface area contributed by atoms with Gasteiger partial charge in [-0.1, -0.05) is 0 Å². The van der Waals surface area contributed by atoms with Crippen LogP contribution in [0.15, 0.2) is 0 Å². The van der Waals surface area contributed by atoms with Gasteiger partial charge in [-0.25, -0.2) is 8.42 Å². The van der Waals surface area contributed by atoms with E-state index >= 15 is 0 Å². The number of nitrogens with one attached hydrogen (secondary N) is 1. The fraction of sp³-hybridized carbons (Fsp3) is 1.00. The predicted molar refractivity (Wildman–Crippen MR) is 69.9 cm³/mol. The monoisotopic (exact) mass is 260 g/mol. The van der Waals surface area contributed by atoms with Crippen molar-refractivity contribution in [2.45, 2.75) is 38.3 Å². The third kappa shape index (κ3) is 4.56. The van der Waals surface area contributed by atoms with Crippen molar-refractivity contribution in [2.24, 2.45) is 5.92 Å². The van der Waals surface area contributed by atoms with Crippen molar-refractivity contribution in [2.75, 3.05) is 31.6 Å². The van der Waals surface area contributed by atoms with Crippen LogP contribution in [0.5, 0.6) is 0 Å². The minimum Gasteiger partial charge on any atom is -0.313 e. The number of hydrogen-bond acceptors (Lipinski definition) is 4. The number of likely N-dealkylation sites (tertiary alicyclic amines) is 1. The van der Waals surface area contributed by atoms with Crippen LogP contribution in [0.3, 0.4) is 0 Å². The normalized spacial score (nSPS) is 28.5. The summed E-state index contributed by atoms with van der Waals surface area (Å²) < 4.78 is 22.3. The zero-order chi connectivity index (χ0) is 12.5. The molecule has 2 aliphatic rings. The molecule has 2 fully saturated rings. The molecule has 1 saturated carbocycles. The highest BCUT2D eigenvalue weighted by atomic mass is 32.2. The molecular formula is C12H24N2O2S. The van der Waals surface area contributed by atoms with Crippen molar-refractivity contribution in [3.63, 3.8) is 0 Å². The Kier molecular flexibility index (Phi) is 4.10. The van der Waals surface area contributed by atoms with Gasteiger partial charge < -0.3 is 10.2 Å². The van der Waals surface area contributed by atoms with E-state index in [2.05, 4.69) is 10.2 Å². The fourth-order valence-corrected chi connectivity index (χ4v) is 3.71. The van der Waals surface area contributed by atoms with Crippen LogP contribution in [0, 0.1) is 5.92 Å². The van der Waals surface area contributed by atoms with Gasteiger partial charge in [0.2, 0.25) is 0 Å². The smallest absolute Gasteiger partial charge is 0.148 e. The zero-order valence-electron chi connectivity index (χ0n) is 10.9. The first-order chi connectivity index (χ1) is 7.94. The average molecular weight is 260 g/mol. The van der Waals surface area contributed by atoms with E-state index in [-0.39, 0.29) is 11.8 Å². The van der Waals surface area contributed by atoms with Crippen LogP contribution >= 0.6 is 0 Å². The highest BCUT2D eigenvalue weighted by Crippen LogP contribution is 2.31. The van der Waals surface area contributed by atoms with Crippen LogP contribution in [-0.2, 0) is 9.84 Å². The van der Waals surface area contributed by atoms with Gasteiger partial charge in [-0.05, 0) is 45.2 Å². The van der Waals surface area contributed by atoms with Crippen LogP contribution in [0.4, 0.5) is 0 Å². The van der Waals surface area contributed by atoms with Crippen molar-refractivity contribution < 1.29 is 8.42 Å². The Bertz CT molecular complexity index is 352. The molecule has 1 aliphatic carbocycles. The average Bonchev–Trinajstić information content (AvgIpc) is 2.93.